The third-order valence-electron chi connectivity index (χ3n) is 3.11. The van der Waals surface area contributed by atoms with Crippen LogP contribution in [0.25, 0.3) is 0 Å². The molecular formula is C16H19N3O3. The first-order valence-electron chi connectivity index (χ1n) is 6.72. The van der Waals surface area contributed by atoms with Gasteiger partial charge in [-0.3, -0.25) is 4.79 Å². The summed E-state index contributed by atoms with van der Waals surface area (Å²) in [6.45, 7) is 0. The van der Waals surface area contributed by atoms with E-state index in [0.29, 0.717) is 22.7 Å². The van der Waals surface area contributed by atoms with Gasteiger partial charge < -0.3 is 19.7 Å². The summed E-state index contributed by atoms with van der Waals surface area (Å²) in [4.78, 5) is 18.3. The lowest BCUT2D eigenvalue weighted by Gasteiger charge is -2.12. The van der Waals surface area contributed by atoms with Crippen LogP contribution in [0.4, 0.5) is 11.5 Å². The van der Waals surface area contributed by atoms with Crippen LogP contribution in [0.1, 0.15) is 10.4 Å². The van der Waals surface area contributed by atoms with Gasteiger partial charge in [-0.1, -0.05) is 0 Å². The molecule has 0 aliphatic heterocycles. The fourth-order valence-corrected chi connectivity index (χ4v) is 1.90. The van der Waals surface area contributed by atoms with Crippen LogP contribution in [-0.4, -0.2) is 39.2 Å². The Kier molecular flexibility index (Phi) is 4.83. The summed E-state index contributed by atoms with van der Waals surface area (Å²) >= 11 is 0. The van der Waals surface area contributed by atoms with Crippen LogP contribution >= 0.6 is 0 Å². The lowest BCUT2D eigenvalue weighted by Crippen LogP contribution is -2.14. The number of nitrogens with one attached hydrogen (secondary N) is 1. The van der Waals surface area contributed by atoms with Crippen molar-refractivity contribution in [2.75, 3.05) is 38.5 Å². The van der Waals surface area contributed by atoms with Gasteiger partial charge in [0.15, 0.2) is 11.5 Å². The molecule has 0 aliphatic carbocycles. The van der Waals surface area contributed by atoms with Gasteiger partial charge in [0.1, 0.15) is 5.82 Å². The highest BCUT2D eigenvalue weighted by atomic mass is 16.5. The maximum Gasteiger partial charge on any atom is 0.257 e. The molecule has 1 heterocycles. The number of hydrogen-bond donors (Lipinski definition) is 1. The minimum Gasteiger partial charge on any atom is -0.493 e. The largest absolute Gasteiger partial charge is 0.493 e. The van der Waals surface area contributed by atoms with Crippen LogP contribution in [0.15, 0.2) is 36.5 Å². The summed E-state index contributed by atoms with van der Waals surface area (Å²) in [5.41, 5.74) is 1.11. The highest BCUT2D eigenvalue weighted by molar-refractivity contribution is 6.04. The minimum atomic E-state index is -0.231. The van der Waals surface area contributed by atoms with Crippen LogP contribution in [0.3, 0.4) is 0 Å². The Morgan fingerprint density at radius 2 is 1.82 bits per heavy atom. The SMILES string of the molecule is COc1ccc(NC(=O)c2ccc(N(C)C)nc2)cc1OC. The van der Waals surface area contributed by atoms with E-state index in [0.717, 1.165) is 5.82 Å². The third-order valence-corrected chi connectivity index (χ3v) is 3.11. The first-order chi connectivity index (χ1) is 10.5. The number of pyridine rings is 1. The Morgan fingerprint density at radius 1 is 1.09 bits per heavy atom. The van der Waals surface area contributed by atoms with E-state index in [4.69, 9.17) is 9.47 Å². The topological polar surface area (TPSA) is 63.7 Å². The molecular weight excluding hydrogens is 282 g/mol. The second-order valence-corrected chi connectivity index (χ2v) is 4.82. The first-order valence-corrected chi connectivity index (χ1v) is 6.72. The zero-order valence-corrected chi connectivity index (χ0v) is 13.1. The van der Waals surface area contributed by atoms with Crippen molar-refractivity contribution in [3.63, 3.8) is 0 Å². The maximum absolute atomic E-state index is 12.2. The normalized spacial score (nSPS) is 10.0. The Labute approximate surface area is 129 Å². The number of ether oxygens (including phenoxy) is 2. The fraction of sp³-hybridized carbons (Fsp3) is 0.250. The van der Waals surface area contributed by atoms with E-state index in [2.05, 4.69) is 10.3 Å². The Bertz CT molecular complexity index is 654. The molecule has 0 radical (unpaired) electrons. The van der Waals surface area contributed by atoms with Crippen molar-refractivity contribution in [3.8, 4) is 11.5 Å². The minimum absolute atomic E-state index is 0.231. The molecule has 116 valence electrons. The van der Waals surface area contributed by atoms with Crippen LogP contribution in [0, 0.1) is 0 Å². The standard InChI is InChI=1S/C16H19N3O3/c1-19(2)15-8-5-11(10-17-15)16(20)18-12-6-7-13(21-3)14(9-12)22-4/h5-10H,1-4H3,(H,18,20). The first kappa shape index (κ1) is 15.6. The summed E-state index contributed by atoms with van der Waals surface area (Å²) in [5, 5.41) is 2.80. The summed E-state index contributed by atoms with van der Waals surface area (Å²) in [7, 11) is 6.90. The lowest BCUT2D eigenvalue weighted by molar-refractivity contribution is 0.102. The number of benzene rings is 1. The molecule has 0 bridgehead atoms. The van der Waals surface area contributed by atoms with Gasteiger partial charge in [0.05, 0.1) is 19.8 Å². The number of anilines is 2. The monoisotopic (exact) mass is 301 g/mol. The maximum atomic E-state index is 12.2. The predicted molar refractivity (Wildman–Crippen MR) is 86.1 cm³/mol. The Morgan fingerprint density at radius 3 is 2.36 bits per heavy atom. The number of nitrogens with zero attached hydrogens (tertiary/aromatic N) is 2. The average molecular weight is 301 g/mol. The van der Waals surface area contributed by atoms with Crippen molar-refractivity contribution in [1.82, 2.24) is 4.98 Å². The summed E-state index contributed by atoms with van der Waals surface area (Å²) in [6.07, 6.45) is 1.55. The molecule has 0 saturated heterocycles. The van der Waals surface area contributed by atoms with Crippen LogP contribution in [0.5, 0.6) is 11.5 Å². The number of methoxy groups -OCH3 is 2. The number of rotatable bonds is 5. The van der Waals surface area contributed by atoms with E-state index in [1.165, 1.54) is 0 Å². The third kappa shape index (κ3) is 3.46. The molecule has 22 heavy (non-hydrogen) atoms. The van der Waals surface area contributed by atoms with Crippen molar-refractivity contribution in [1.29, 1.82) is 0 Å². The van der Waals surface area contributed by atoms with Crippen molar-refractivity contribution in [2.45, 2.75) is 0 Å². The molecule has 2 aromatic rings. The second-order valence-electron chi connectivity index (χ2n) is 4.82. The second kappa shape index (κ2) is 6.80. The number of carbonyl (C=O) groups excluding carboxylic acids is 1. The van der Waals surface area contributed by atoms with Gasteiger partial charge in [-0.2, -0.15) is 0 Å². The summed E-state index contributed by atoms with van der Waals surface area (Å²) in [6, 6.07) is 8.73. The van der Waals surface area contributed by atoms with Crippen molar-refractivity contribution in [3.05, 3.63) is 42.1 Å². The van der Waals surface area contributed by atoms with Crippen LogP contribution in [0.2, 0.25) is 0 Å². The Balaban J connectivity index is 2.14. The lowest BCUT2D eigenvalue weighted by atomic mass is 10.2. The highest BCUT2D eigenvalue weighted by Gasteiger charge is 2.10. The molecule has 1 amide bonds. The molecule has 0 aliphatic rings. The molecule has 0 spiro atoms. The van der Waals surface area contributed by atoms with E-state index < -0.39 is 0 Å². The van der Waals surface area contributed by atoms with E-state index >= 15 is 0 Å². The molecule has 0 saturated carbocycles. The predicted octanol–water partition coefficient (Wildman–Crippen LogP) is 2.42. The Hall–Kier alpha value is -2.76. The van der Waals surface area contributed by atoms with E-state index in [1.54, 1.807) is 50.7 Å². The molecule has 1 aromatic carbocycles. The van der Waals surface area contributed by atoms with Crippen LogP contribution in [-0.2, 0) is 0 Å². The zero-order valence-electron chi connectivity index (χ0n) is 13.1. The number of amides is 1. The van der Waals surface area contributed by atoms with Gasteiger partial charge in [-0.15, -0.1) is 0 Å². The van der Waals surface area contributed by atoms with Gasteiger partial charge in [-0.25, -0.2) is 4.98 Å². The summed E-state index contributed by atoms with van der Waals surface area (Å²) in [5.74, 6) is 1.73. The number of carbonyl (C=O) groups is 1. The summed E-state index contributed by atoms with van der Waals surface area (Å²) < 4.78 is 10.4. The van der Waals surface area contributed by atoms with Crippen molar-refractivity contribution in [2.24, 2.45) is 0 Å². The molecule has 6 nitrogen and oxygen atoms in total. The molecule has 0 atom stereocenters. The molecule has 0 unspecified atom stereocenters. The highest BCUT2D eigenvalue weighted by Crippen LogP contribution is 2.29. The van der Waals surface area contributed by atoms with Gasteiger partial charge in [0.25, 0.3) is 5.91 Å². The molecule has 6 heteroatoms. The van der Waals surface area contributed by atoms with Crippen molar-refractivity contribution < 1.29 is 14.3 Å². The van der Waals surface area contributed by atoms with Gasteiger partial charge >= 0.3 is 0 Å². The van der Waals surface area contributed by atoms with Gasteiger partial charge in [-0.05, 0) is 24.3 Å². The quantitative estimate of drug-likeness (QED) is 0.919. The molecule has 2 rings (SSSR count). The van der Waals surface area contributed by atoms with Gasteiger partial charge in [0.2, 0.25) is 0 Å². The molecule has 1 aromatic heterocycles. The number of aromatic nitrogens is 1. The van der Waals surface area contributed by atoms with E-state index in [-0.39, 0.29) is 5.91 Å². The van der Waals surface area contributed by atoms with Gasteiger partial charge in [0, 0.05) is 32.0 Å². The fourth-order valence-electron chi connectivity index (χ4n) is 1.90. The molecule has 0 fully saturated rings. The van der Waals surface area contributed by atoms with Crippen LogP contribution < -0.4 is 19.7 Å². The van der Waals surface area contributed by atoms with Crippen molar-refractivity contribution >= 4 is 17.4 Å². The smallest absolute Gasteiger partial charge is 0.257 e. The molecule has 1 N–H and O–H groups in total. The number of hydrogen-bond acceptors (Lipinski definition) is 5. The average Bonchev–Trinajstić information content (AvgIpc) is 2.54. The zero-order chi connectivity index (χ0) is 16.1. The van der Waals surface area contributed by atoms with E-state index in [1.807, 2.05) is 19.0 Å². The van der Waals surface area contributed by atoms with E-state index in [9.17, 15) is 4.79 Å².